The highest BCUT2D eigenvalue weighted by molar-refractivity contribution is 7.08. The lowest BCUT2D eigenvalue weighted by Gasteiger charge is -2.27. The third-order valence-corrected chi connectivity index (χ3v) is 6.17. The van der Waals surface area contributed by atoms with Crippen molar-refractivity contribution in [1.82, 2.24) is 24.6 Å². The van der Waals surface area contributed by atoms with E-state index in [2.05, 4.69) is 24.6 Å². The molecule has 1 amide bonds. The zero-order chi connectivity index (χ0) is 25.2. The van der Waals surface area contributed by atoms with Gasteiger partial charge in [-0.15, -0.1) is 0 Å². The average molecular weight is 493 g/mol. The van der Waals surface area contributed by atoms with Gasteiger partial charge >= 0.3 is 0 Å². The Kier molecular flexibility index (Phi) is 6.70. The van der Waals surface area contributed by atoms with Gasteiger partial charge in [-0.2, -0.15) is 4.37 Å². The van der Waals surface area contributed by atoms with E-state index in [0.717, 1.165) is 17.1 Å². The van der Waals surface area contributed by atoms with Crippen LogP contribution in [-0.4, -0.2) is 36.9 Å². The van der Waals surface area contributed by atoms with Crippen molar-refractivity contribution < 1.29 is 14.3 Å². The lowest BCUT2D eigenvalue weighted by atomic mass is 9.90. The minimum absolute atomic E-state index is 0.106. The van der Waals surface area contributed by atoms with Crippen LogP contribution in [0, 0.1) is 5.82 Å². The van der Waals surface area contributed by atoms with Gasteiger partial charge in [0.2, 0.25) is 0 Å². The Morgan fingerprint density at radius 1 is 1.09 bits per heavy atom. The molecule has 10 heteroatoms. The Labute approximate surface area is 206 Å². The molecule has 35 heavy (non-hydrogen) atoms. The molecule has 0 radical (unpaired) electrons. The average Bonchev–Trinajstić information content (AvgIpc) is 3.33. The molecule has 8 nitrogen and oxygen atoms in total. The highest BCUT2D eigenvalue weighted by Crippen LogP contribution is 2.29. The molecule has 0 spiro atoms. The second-order valence-corrected chi connectivity index (χ2v) is 9.77. The van der Waals surface area contributed by atoms with Crippen molar-refractivity contribution in [1.29, 1.82) is 0 Å². The molecule has 0 saturated heterocycles. The number of carbonyl (C=O) groups is 1. The Balaban J connectivity index is 1.57. The predicted molar refractivity (Wildman–Crippen MR) is 132 cm³/mol. The van der Waals surface area contributed by atoms with Gasteiger partial charge in [0.15, 0.2) is 5.82 Å². The third kappa shape index (κ3) is 5.73. The normalized spacial score (nSPS) is 13.3. The van der Waals surface area contributed by atoms with Gasteiger partial charge < -0.3 is 16.2 Å². The summed E-state index contributed by atoms with van der Waals surface area (Å²) < 4.78 is 17.7. The van der Waals surface area contributed by atoms with Gasteiger partial charge in [-0.3, -0.25) is 4.79 Å². The van der Waals surface area contributed by atoms with Crippen LogP contribution in [-0.2, 0) is 11.1 Å². The minimum atomic E-state index is -1.51. The molecule has 0 saturated carbocycles. The number of nitrogens with one attached hydrogen (secondary N) is 1. The van der Waals surface area contributed by atoms with Crippen LogP contribution in [0.15, 0.2) is 60.9 Å². The molecule has 0 aliphatic carbocycles. The fraction of sp³-hybridized carbons (Fsp3) is 0.240. The Bertz CT molecular complexity index is 1330. The molecule has 0 aliphatic rings. The van der Waals surface area contributed by atoms with Crippen molar-refractivity contribution in [3.63, 3.8) is 0 Å². The number of nitrogens with two attached hydrogens (primary N) is 1. The molecule has 4 N–H and O–H groups in total. The maximum absolute atomic E-state index is 13.4. The van der Waals surface area contributed by atoms with Crippen molar-refractivity contribution in [2.45, 2.75) is 31.9 Å². The number of hydrogen-bond acceptors (Lipinski definition) is 8. The summed E-state index contributed by atoms with van der Waals surface area (Å²) in [6, 6.07) is 12.8. The van der Waals surface area contributed by atoms with E-state index in [-0.39, 0.29) is 18.3 Å². The zero-order valence-corrected chi connectivity index (χ0v) is 20.3. The van der Waals surface area contributed by atoms with Crippen LogP contribution in [0.1, 0.15) is 41.7 Å². The standard InChI is InChI=1S/C25H25FN6O2S/c1-24(2,27)16-11-18(15-5-7-17(26)8-6-15)31-21(12-16)25(3,34)14-30-23(33)20-13-19(32-35-20)22-28-9-4-10-29-22/h4-13,34H,14,27H2,1-3H3,(H,30,33). The van der Waals surface area contributed by atoms with Gasteiger partial charge in [0.25, 0.3) is 5.91 Å². The molecule has 4 aromatic rings. The van der Waals surface area contributed by atoms with Gasteiger partial charge in [-0.05, 0) is 86.4 Å². The van der Waals surface area contributed by atoms with Crippen molar-refractivity contribution in [3.8, 4) is 22.8 Å². The second kappa shape index (κ2) is 9.57. The van der Waals surface area contributed by atoms with Crippen molar-refractivity contribution in [2.24, 2.45) is 5.73 Å². The first-order chi connectivity index (χ1) is 16.5. The maximum atomic E-state index is 13.4. The van der Waals surface area contributed by atoms with Gasteiger partial charge in [-0.1, -0.05) is 0 Å². The SMILES string of the molecule is CC(C)(N)c1cc(-c2ccc(F)cc2)nc(C(C)(O)CNC(=O)c2cc(-c3ncccn3)ns2)c1. The van der Waals surface area contributed by atoms with Gasteiger partial charge in [0, 0.05) is 23.5 Å². The summed E-state index contributed by atoms with van der Waals surface area (Å²) in [6.07, 6.45) is 3.20. The summed E-state index contributed by atoms with van der Waals surface area (Å²) in [7, 11) is 0. The summed E-state index contributed by atoms with van der Waals surface area (Å²) in [5, 5.41) is 14.0. The molecule has 1 aromatic carbocycles. The van der Waals surface area contributed by atoms with Crippen LogP contribution in [0.5, 0.6) is 0 Å². The van der Waals surface area contributed by atoms with E-state index in [9.17, 15) is 14.3 Å². The predicted octanol–water partition coefficient (Wildman–Crippen LogP) is 3.63. The van der Waals surface area contributed by atoms with E-state index in [1.807, 2.05) is 19.9 Å². The number of aliphatic hydroxyl groups is 1. The van der Waals surface area contributed by atoms with Crippen LogP contribution < -0.4 is 11.1 Å². The Morgan fingerprint density at radius 2 is 1.77 bits per heavy atom. The lowest BCUT2D eigenvalue weighted by molar-refractivity contribution is 0.0490. The van der Waals surface area contributed by atoms with Gasteiger partial charge in [0.1, 0.15) is 22.0 Å². The Morgan fingerprint density at radius 3 is 2.43 bits per heavy atom. The Hall–Kier alpha value is -3.60. The molecule has 4 rings (SSSR count). The van der Waals surface area contributed by atoms with Crippen molar-refractivity contribution in [3.05, 3.63) is 82.9 Å². The summed E-state index contributed by atoms with van der Waals surface area (Å²) in [5.41, 5.74) is 6.89. The number of nitrogens with zero attached hydrogens (tertiary/aromatic N) is 4. The summed E-state index contributed by atoms with van der Waals surface area (Å²) >= 11 is 1.02. The van der Waals surface area contributed by atoms with Crippen LogP contribution in [0.25, 0.3) is 22.8 Å². The highest BCUT2D eigenvalue weighted by Gasteiger charge is 2.29. The lowest BCUT2D eigenvalue weighted by Crippen LogP contribution is -2.39. The van der Waals surface area contributed by atoms with Gasteiger partial charge in [-0.25, -0.2) is 19.3 Å². The van der Waals surface area contributed by atoms with Crippen LogP contribution >= 0.6 is 11.5 Å². The molecule has 0 aliphatic heterocycles. The zero-order valence-electron chi connectivity index (χ0n) is 19.5. The number of halogens is 1. The first-order valence-corrected chi connectivity index (χ1v) is 11.6. The van der Waals surface area contributed by atoms with E-state index in [4.69, 9.17) is 5.73 Å². The van der Waals surface area contributed by atoms with Crippen molar-refractivity contribution >= 4 is 17.4 Å². The van der Waals surface area contributed by atoms with E-state index in [1.165, 1.54) is 12.1 Å². The number of carbonyl (C=O) groups excluding carboxylic acids is 1. The first kappa shape index (κ1) is 24.5. The molecule has 1 atom stereocenters. The molecular formula is C25H25FN6O2S. The van der Waals surface area contributed by atoms with Gasteiger partial charge in [0.05, 0.1) is 17.9 Å². The summed E-state index contributed by atoms with van der Waals surface area (Å²) in [6.45, 7) is 5.14. The van der Waals surface area contributed by atoms with E-state index < -0.39 is 11.1 Å². The third-order valence-electron chi connectivity index (χ3n) is 5.38. The molecule has 1 unspecified atom stereocenters. The molecular weight excluding hydrogens is 467 g/mol. The molecule has 3 aromatic heterocycles. The fourth-order valence-corrected chi connectivity index (χ4v) is 3.95. The summed E-state index contributed by atoms with van der Waals surface area (Å²) in [4.78, 5) is 26.0. The molecule has 0 fully saturated rings. The number of benzene rings is 1. The van der Waals surface area contributed by atoms with Crippen LogP contribution in [0.2, 0.25) is 0 Å². The van der Waals surface area contributed by atoms with Crippen molar-refractivity contribution in [2.75, 3.05) is 6.54 Å². The monoisotopic (exact) mass is 492 g/mol. The van der Waals surface area contributed by atoms with E-state index >= 15 is 0 Å². The minimum Gasteiger partial charge on any atom is -0.382 e. The van der Waals surface area contributed by atoms with Crippen LogP contribution in [0.4, 0.5) is 4.39 Å². The van der Waals surface area contributed by atoms with E-state index in [1.54, 1.807) is 49.6 Å². The molecule has 3 heterocycles. The molecule has 0 bridgehead atoms. The quantitative estimate of drug-likeness (QED) is 0.359. The van der Waals surface area contributed by atoms with E-state index in [0.29, 0.717) is 33.3 Å². The topological polar surface area (TPSA) is 127 Å². The fourth-order valence-electron chi connectivity index (χ4n) is 3.30. The summed E-state index contributed by atoms with van der Waals surface area (Å²) in [5.74, 6) is -0.323. The number of aromatic nitrogens is 4. The highest BCUT2D eigenvalue weighted by atomic mass is 32.1. The smallest absolute Gasteiger partial charge is 0.263 e. The largest absolute Gasteiger partial charge is 0.382 e. The number of pyridine rings is 1. The van der Waals surface area contributed by atoms with Crippen LogP contribution in [0.3, 0.4) is 0 Å². The first-order valence-electron chi connectivity index (χ1n) is 10.9. The molecule has 180 valence electrons. The second-order valence-electron chi connectivity index (χ2n) is 8.96. The maximum Gasteiger partial charge on any atom is 0.263 e. The number of hydrogen-bond donors (Lipinski definition) is 3. The number of rotatable bonds is 7. The number of amides is 1.